The van der Waals surface area contributed by atoms with Gasteiger partial charge in [-0.25, -0.2) is 0 Å². The monoisotopic (exact) mass is 474 g/mol. The van der Waals surface area contributed by atoms with E-state index in [9.17, 15) is 0 Å². The summed E-state index contributed by atoms with van der Waals surface area (Å²) in [5.74, 6) is 1.86. The number of likely N-dealkylation sites (tertiary alicyclic amines) is 1. The molecule has 25 heavy (non-hydrogen) atoms. The molecule has 1 fully saturated rings. The number of aliphatic imine (C=N–C) groups is 1. The Bertz CT molecular complexity index is 609. The third-order valence-corrected chi connectivity index (χ3v) is 5.28. The van der Waals surface area contributed by atoms with Gasteiger partial charge in [-0.15, -0.1) is 35.3 Å². The Kier molecular flexibility index (Phi) is 8.77. The van der Waals surface area contributed by atoms with Crippen molar-refractivity contribution in [3.8, 4) is 0 Å². The van der Waals surface area contributed by atoms with E-state index in [1.54, 1.807) is 17.6 Å². The molecule has 2 N–H and O–H groups in total. The molecule has 3 heterocycles. The lowest BCUT2D eigenvalue weighted by Crippen LogP contribution is -2.44. The fourth-order valence-electron chi connectivity index (χ4n) is 3.12. The van der Waals surface area contributed by atoms with Crippen LogP contribution in [0.15, 0.2) is 45.3 Å². The van der Waals surface area contributed by atoms with Crippen LogP contribution in [0.25, 0.3) is 0 Å². The Hall–Kier alpha value is -1.06. The second kappa shape index (κ2) is 10.8. The predicted octanol–water partition coefficient (Wildman–Crippen LogP) is 3.85. The van der Waals surface area contributed by atoms with Gasteiger partial charge in [-0.05, 0) is 49.5 Å². The highest BCUT2D eigenvalue weighted by Gasteiger charge is 2.24. The molecule has 0 radical (unpaired) electrons. The fourth-order valence-corrected chi connectivity index (χ4v) is 3.76. The minimum atomic E-state index is 0. The van der Waals surface area contributed by atoms with Crippen LogP contribution >= 0.6 is 35.3 Å². The maximum atomic E-state index is 5.69. The highest BCUT2D eigenvalue weighted by molar-refractivity contribution is 14.0. The molecule has 7 heteroatoms. The number of nitrogens with one attached hydrogen (secondary N) is 2. The smallest absolute Gasteiger partial charge is 0.191 e. The van der Waals surface area contributed by atoms with Crippen molar-refractivity contribution < 1.29 is 4.42 Å². The van der Waals surface area contributed by atoms with Crippen LogP contribution in [-0.2, 0) is 6.54 Å². The summed E-state index contributed by atoms with van der Waals surface area (Å²) in [6.07, 6.45) is 5.63. The highest BCUT2D eigenvalue weighted by atomic mass is 127. The Morgan fingerprint density at radius 3 is 2.72 bits per heavy atom. The van der Waals surface area contributed by atoms with Gasteiger partial charge in [0.2, 0.25) is 0 Å². The second-order valence-corrected chi connectivity index (χ2v) is 7.05. The Balaban J connectivity index is 0.00000225. The van der Waals surface area contributed by atoms with Gasteiger partial charge in [0, 0.05) is 18.5 Å². The van der Waals surface area contributed by atoms with Gasteiger partial charge in [0.25, 0.3) is 0 Å². The molecule has 3 rings (SSSR count). The predicted molar refractivity (Wildman–Crippen MR) is 115 cm³/mol. The fraction of sp³-hybridized carbons (Fsp3) is 0.500. The normalized spacial score (nSPS) is 16.9. The maximum Gasteiger partial charge on any atom is 0.191 e. The van der Waals surface area contributed by atoms with Gasteiger partial charge in [-0.3, -0.25) is 9.89 Å². The Labute approximate surface area is 170 Å². The summed E-state index contributed by atoms with van der Waals surface area (Å²) in [6, 6.07) is 8.49. The number of furan rings is 1. The lowest BCUT2D eigenvalue weighted by atomic mass is 10.1. The van der Waals surface area contributed by atoms with Gasteiger partial charge in [-0.2, -0.15) is 0 Å². The van der Waals surface area contributed by atoms with E-state index < -0.39 is 0 Å². The van der Waals surface area contributed by atoms with Gasteiger partial charge in [-0.1, -0.05) is 12.5 Å². The third kappa shape index (κ3) is 6.00. The first-order valence-electron chi connectivity index (χ1n) is 8.61. The summed E-state index contributed by atoms with van der Waals surface area (Å²) in [6.45, 7) is 3.85. The van der Waals surface area contributed by atoms with E-state index in [2.05, 4.69) is 44.1 Å². The van der Waals surface area contributed by atoms with E-state index in [4.69, 9.17) is 4.42 Å². The van der Waals surface area contributed by atoms with E-state index in [-0.39, 0.29) is 30.0 Å². The number of rotatable bonds is 6. The van der Waals surface area contributed by atoms with Crippen LogP contribution in [0.1, 0.15) is 35.9 Å². The molecule has 1 atom stereocenters. The first kappa shape index (κ1) is 20.3. The average molecular weight is 474 g/mol. The van der Waals surface area contributed by atoms with Crippen molar-refractivity contribution in [3.05, 3.63) is 46.5 Å². The average Bonchev–Trinajstić information content (AvgIpc) is 3.32. The molecule has 0 saturated carbocycles. The minimum absolute atomic E-state index is 0. The molecule has 2 aromatic rings. The van der Waals surface area contributed by atoms with Gasteiger partial charge in [0.1, 0.15) is 5.76 Å². The van der Waals surface area contributed by atoms with E-state index >= 15 is 0 Å². The topological polar surface area (TPSA) is 52.8 Å². The van der Waals surface area contributed by atoms with Gasteiger partial charge in [0.05, 0.1) is 18.8 Å². The number of guanidine groups is 1. The second-order valence-electron chi connectivity index (χ2n) is 6.01. The molecular formula is C18H27IN4OS. The summed E-state index contributed by atoms with van der Waals surface area (Å²) in [7, 11) is 1.81. The molecule has 0 aliphatic carbocycles. The number of hydrogen-bond acceptors (Lipinski definition) is 4. The van der Waals surface area contributed by atoms with E-state index in [1.807, 2.05) is 13.1 Å². The van der Waals surface area contributed by atoms with Crippen LogP contribution in [-0.4, -0.2) is 37.5 Å². The summed E-state index contributed by atoms with van der Waals surface area (Å²) < 4.78 is 5.69. The number of hydrogen-bond donors (Lipinski definition) is 2. The van der Waals surface area contributed by atoms with Gasteiger partial charge < -0.3 is 15.1 Å². The summed E-state index contributed by atoms with van der Waals surface area (Å²) in [5, 5.41) is 8.93. The quantitative estimate of drug-likeness (QED) is 0.380. The first-order valence-corrected chi connectivity index (χ1v) is 9.49. The number of thiophene rings is 1. The van der Waals surface area contributed by atoms with Crippen LogP contribution < -0.4 is 10.6 Å². The van der Waals surface area contributed by atoms with Crippen LogP contribution in [0.2, 0.25) is 0 Å². The number of piperidine rings is 1. The summed E-state index contributed by atoms with van der Waals surface area (Å²) in [4.78, 5) is 8.15. The zero-order valence-electron chi connectivity index (χ0n) is 14.6. The van der Waals surface area contributed by atoms with E-state index in [0.717, 1.165) is 37.9 Å². The first-order chi connectivity index (χ1) is 11.9. The number of nitrogens with zero attached hydrogens (tertiary/aromatic N) is 2. The zero-order valence-corrected chi connectivity index (χ0v) is 17.8. The van der Waals surface area contributed by atoms with Crippen molar-refractivity contribution in [3.63, 3.8) is 0 Å². The Morgan fingerprint density at radius 1 is 1.24 bits per heavy atom. The van der Waals surface area contributed by atoms with Gasteiger partial charge >= 0.3 is 0 Å². The van der Waals surface area contributed by atoms with Crippen molar-refractivity contribution in [1.29, 1.82) is 0 Å². The molecule has 2 aromatic heterocycles. The van der Waals surface area contributed by atoms with Crippen LogP contribution in [0.4, 0.5) is 0 Å². The van der Waals surface area contributed by atoms with Crippen molar-refractivity contribution in [2.75, 3.05) is 26.7 Å². The molecular weight excluding hydrogens is 447 g/mol. The van der Waals surface area contributed by atoms with Crippen molar-refractivity contribution in [2.24, 2.45) is 4.99 Å². The van der Waals surface area contributed by atoms with E-state index in [0.29, 0.717) is 0 Å². The Morgan fingerprint density at radius 2 is 2.08 bits per heavy atom. The molecule has 0 aromatic carbocycles. The molecule has 1 saturated heterocycles. The third-order valence-electron chi connectivity index (χ3n) is 4.40. The standard InChI is InChI=1S/C18H26N4OS.HI/c1-19-18(20-13-15-7-6-12-24-15)21-14-16(17-8-5-11-23-17)22-9-3-2-4-10-22;/h5-8,11-12,16H,2-4,9-10,13-14H2,1H3,(H2,19,20,21);1H. The molecule has 1 unspecified atom stereocenters. The highest BCUT2D eigenvalue weighted by Crippen LogP contribution is 2.24. The van der Waals surface area contributed by atoms with E-state index in [1.165, 1.54) is 24.1 Å². The van der Waals surface area contributed by atoms with Crippen LogP contribution in [0, 0.1) is 0 Å². The number of halogens is 1. The molecule has 5 nitrogen and oxygen atoms in total. The van der Waals surface area contributed by atoms with Crippen LogP contribution in [0.3, 0.4) is 0 Å². The summed E-state index contributed by atoms with van der Waals surface area (Å²) >= 11 is 1.75. The molecule has 0 spiro atoms. The largest absolute Gasteiger partial charge is 0.468 e. The van der Waals surface area contributed by atoms with Crippen molar-refractivity contribution >= 4 is 41.3 Å². The molecule has 1 aliphatic heterocycles. The lowest BCUT2D eigenvalue weighted by molar-refractivity contribution is 0.146. The lowest BCUT2D eigenvalue weighted by Gasteiger charge is -2.33. The molecule has 0 bridgehead atoms. The summed E-state index contributed by atoms with van der Waals surface area (Å²) in [5.41, 5.74) is 0. The van der Waals surface area contributed by atoms with Crippen molar-refractivity contribution in [1.82, 2.24) is 15.5 Å². The van der Waals surface area contributed by atoms with Gasteiger partial charge in [0.15, 0.2) is 5.96 Å². The SMILES string of the molecule is CN=C(NCc1cccs1)NCC(c1ccco1)N1CCCCC1.I. The van der Waals surface area contributed by atoms with Crippen LogP contribution in [0.5, 0.6) is 0 Å². The maximum absolute atomic E-state index is 5.69. The molecule has 138 valence electrons. The van der Waals surface area contributed by atoms with Crippen molar-refractivity contribution in [2.45, 2.75) is 31.8 Å². The molecule has 1 aliphatic rings. The molecule has 0 amide bonds. The minimum Gasteiger partial charge on any atom is -0.468 e. The zero-order chi connectivity index (χ0) is 16.6.